The molecule has 3 heteroatoms. The second-order valence-electron chi connectivity index (χ2n) is 4.58. The molecule has 0 spiro atoms. The van der Waals surface area contributed by atoms with Crippen LogP contribution in [0.4, 0.5) is 0 Å². The lowest BCUT2D eigenvalue weighted by Crippen LogP contribution is -2.30. The van der Waals surface area contributed by atoms with E-state index in [-0.39, 0.29) is 11.9 Å². The first-order chi connectivity index (χ1) is 8.15. The van der Waals surface area contributed by atoms with Gasteiger partial charge in [0.15, 0.2) is 0 Å². The van der Waals surface area contributed by atoms with E-state index in [1.54, 1.807) is 11.0 Å². The molecule has 0 saturated carbocycles. The molecule has 1 heterocycles. The zero-order valence-corrected chi connectivity index (χ0v) is 10.1. The van der Waals surface area contributed by atoms with E-state index >= 15 is 0 Å². The first-order valence-electron chi connectivity index (χ1n) is 5.94. The molecule has 0 aromatic heterocycles. The van der Waals surface area contributed by atoms with Crippen LogP contribution in [-0.2, 0) is 4.79 Å². The molecular formula is C14H18N2O. The number of hydrogen-bond donors (Lipinski definition) is 1. The molecule has 1 aliphatic rings. The van der Waals surface area contributed by atoms with E-state index in [4.69, 9.17) is 5.73 Å². The van der Waals surface area contributed by atoms with Gasteiger partial charge in [0.2, 0.25) is 5.91 Å². The van der Waals surface area contributed by atoms with Gasteiger partial charge in [-0.3, -0.25) is 4.79 Å². The third kappa shape index (κ3) is 3.17. The average Bonchev–Trinajstić information content (AvgIpc) is 2.73. The van der Waals surface area contributed by atoms with Crippen LogP contribution in [-0.4, -0.2) is 29.9 Å². The Labute approximate surface area is 102 Å². The van der Waals surface area contributed by atoms with Gasteiger partial charge in [0.1, 0.15) is 0 Å². The number of rotatable bonds is 2. The minimum Gasteiger partial charge on any atom is -0.338 e. The van der Waals surface area contributed by atoms with Crippen LogP contribution in [0.1, 0.15) is 17.5 Å². The molecule has 0 bridgehead atoms. The molecule has 2 N–H and O–H groups in total. The van der Waals surface area contributed by atoms with Crippen molar-refractivity contribution in [3.05, 3.63) is 41.5 Å². The third-order valence-electron chi connectivity index (χ3n) is 3.00. The Morgan fingerprint density at radius 3 is 3.00 bits per heavy atom. The van der Waals surface area contributed by atoms with Crippen molar-refractivity contribution in [1.29, 1.82) is 0 Å². The van der Waals surface area contributed by atoms with Crippen LogP contribution in [0.2, 0.25) is 0 Å². The van der Waals surface area contributed by atoms with Gasteiger partial charge < -0.3 is 10.6 Å². The van der Waals surface area contributed by atoms with Crippen LogP contribution in [0.25, 0.3) is 6.08 Å². The molecule has 17 heavy (non-hydrogen) atoms. The van der Waals surface area contributed by atoms with Gasteiger partial charge in [0.05, 0.1) is 0 Å². The van der Waals surface area contributed by atoms with Crippen molar-refractivity contribution in [2.75, 3.05) is 13.1 Å². The monoisotopic (exact) mass is 230 g/mol. The van der Waals surface area contributed by atoms with Crippen LogP contribution in [0.3, 0.4) is 0 Å². The lowest BCUT2D eigenvalue weighted by molar-refractivity contribution is -0.124. The van der Waals surface area contributed by atoms with Crippen molar-refractivity contribution in [2.45, 2.75) is 19.4 Å². The highest BCUT2D eigenvalue weighted by atomic mass is 16.2. The second-order valence-corrected chi connectivity index (χ2v) is 4.58. The second kappa shape index (κ2) is 5.15. The van der Waals surface area contributed by atoms with Crippen LogP contribution in [0.5, 0.6) is 0 Å². The molecule has 1 aromatic rings. The number of aryl methyl sites for hydroxylation is 1. The third-order valence-corrected chi connectivity index (χ3v) is 3.00. The van der Waals surface area contributed by atoms with Crippen molar-refractivity contribution in [2.24, 2.45) is 5.73 Å². The van der Waals surface area contributed by atoms with E-state index in [1.165, 1.54) is 5.56 Å². The van der Waals surface area contributed by atoms with Crippen molar-refractivity contribution in [3.8, 4) is 0 Å². The number of benzene rings is 1. The van der Waals surface area contributed by atoms with Gasteiger partial charge in [-0.2, -0.15) is 0 Å². The molecule has 1 aliphatic heterocycles. The molecule has 1 aromatic carbocycles. The largest absolute Gasteiger partial charge is 0.338 e. The molecule has 0 aliphatic carbocycles. The first kappa shape index (κ1) is 11.9. The molecule has 2 rings (SSSR count). The van der Waals surface area contributed by atoms with Crippen LogP contribution >= 0.6 is 0 Å². The summed E-state index contributed by atoms with van der Waals surface area (Å²) in [7, 11) is 0. The van der Waals surface area contributed by atoms with E-state index in [2.05, 4.69) is 6.07 Å². The number of nitrogens with two attached hydrogens (primary N) is 1. The Bertz CT molecular complexity index is 440. The minimum atomic E-state index is 0.0551. The number of likely N-dealkylation sites (tertiary alicyclic amines) is 1. The maximum Gasteiger partial charge on any atom is 0.246 e. The summed E-state index contributed by atoms with van der Waals surface area (Å²) in [6.07, 6.45) is 4.40. The smallest absolute Gasteiger partial charge is 0.246 e. The quantitative estimate of drug-likeness (QED) is 0.784. The van der Waals surface area contributed by atoms with Crippen LogP contribution in [0.15, 0.2) is 30.3 Å². The Balaban J connectivity index is 1.98. The van der Waals surface area contributed by atoms with Gasteiger partial charge in [0.25, 0.3) is 0 Å². The number of amides is 1. The zero-order valence-electron chi connectivity index (χ0n) is 10.1. The van der Waals surface area contributed by atoms with Crippen LogP contribution < -0.4 is 5.73 Å². The standard InChI is InChI=1S/C14H18N2O/c1-11-3-2-4-12(9-11)5-6-14(17)16-8-7-13(15)10-16/h2-6,9,13H,7-8,10,15H2,1H3. The average molecular weight is 230 g/mol. The summed E-state index contributed by atoms with van der Waals surface area (Å²) in [5.41, 5.74) is 8.03. The molecule has 1 atom stereocenters. The summed E-state index contributed by atoms with van der Waals surface area (Å²) in [6, 6.07) is 8.22. The summed E-state index contributed by atoms with van der Waals surface area (Å²) >= 11 is 0. The van der Waals surface area contributed by atoms with E-state index < -0.39 is 0 Å². The lowest BCUT2D eigenvalue weighted by atomic mass is 10.1. The summed E-state index contributed by atoms with van der Waals surface area (Å²) in [4.78, 5) is 13.6. The number of hydrogen-bond acceptors (Lipinski definition) is 2. The molecule has 1 saturated heterocycles. The fourth-order valence-corrected chi connectivity index (χ4v) is 2.03. The molecule has 0 radical (unpaired) electrons. The zero-order chi connectivity index (χ0) is 12.3. The van der Waals surface area contributed by atoms with Gasteiger partial charge in [-0.15, -0.1) is 0 Å². The number of nitrogens with zero attached hydrogens (tertiary/aromatic N) is 1. The van der Waals surface area contributed by atoms with Gasteiger partial charge in [-0.1, -0.05) is 29.8 Å². The van der Waals surface area contributed by atoms with Crippen molar-refractivity contribution < 1.29 is 4.79 Å². The molecule has 90 valence electrons. The fourth-order valence-electron chi connectivity index (χ4n) is 2.03. The molecular weight excluding hydrogens is 212 g/mol. The Hall–Kier alpha value is -1.61. The highest BCUT2D eigenvalue weighted by Crippen LogP contribution is 2.09. The highest BCUT2D eigenvalue weighted by Gasteiger charge is 2.21. The molecule has 1 unspecified atom stereocenters. The van der Waals surface area contributed by atoms with Crippen molar-refractivity contribution in [3.63, 3.8) is 0 Å². The first-order valence-corrected chi connectivity index (χ1v) is 5.94. The maximum atomic E-state index is 11.8. The van der Waals surface area contributed by atoms with E-state index in [0.29, 0.717) is 6.54 Å². The summed E-state index contributed by atoms with van der Waals surface area (Å²) < 4.78 is 0. The van der Waals surface area contributed by atoms with Crippen molar-refractivity contribution >= 4 is 12.0 Å². The van der Waals surface area contributed by atoms with Gasteiger partial charge >= 0.3 is 0 Å². The lowest BCUT2D eigenvalue weighted by Gasteiger charge is -2.12. The van der Waals surface area contributed by atoms with Crippen LogP contribution in [0, 0.1) is 6.92 Å². The Morgan fingerprint density at radius 2 is 2.35 bits per heavy atom. The summed E-state index contributed by atoms with van der Waals surface area (Å²) in [6.45, 7) is 3.49. The van der Waals surface area contributed by atoms with E-state index in [0.717, 1.165) is 18.5 Å². The van der Waals surface area contributed by atoms with Gasteiger partial charge in [-0.05, 0) is 25.0 Å². The predicted octanol–water partition coefficient (Wildman–Crippen LogP) is 1.57. The van der Waals surface area contributed by atoms with E-state index in [1.807, 2.05) is 31.2 Å². The number of carbonyl (C=O) groups excluding carboxylic acids is 1. The predicted molar refractivity (Wildman–Crippen MR) is 69.4 cm³/mol. The Morgan fingerprint density at radius 1 is 1.53 bits per heavy atom. The van der Waals surface area contributed by atoms with Gasteiger partial charge in [-0.25, -0.2) is 0 Å². The van der Waals surface area contributed by atoms with E-state index in [9.17, 15) is 4.79 Å². The molecule has 3 nitrogen and oxygen atoms in total. The normalized spacial score (nSPS) is 20.1. The Kier molecular flexibility index (Phi) is 3.59. The van der Waals surface area contributed by atoms with Crippen molar-refractivity contribution in [1.82, 2.24) is 4.90 Å². The maximum absolute atomic E-state index is 11.8. The van der Waals surface area contributed by atoms with Gasteiger partial charge in [0, 0.05) is 25.2 Å². The highest BCUT2D eigenvalue weighted by molar-refractivity contribution is 5.92. The number of carbonyl (C=O) groups is 1. The molecule has 1 amide bonds. The minimum absolute atomic E-state index is 0.0551. The fraction of sp³-hybridized carbons (Fsp3) is 0.357. The SMILES string of the molecule is Cc1cccc(C=CC(=O)N2CCC(N)C2)c1. The topological polar surface area (TPSA) is 46.3 Å². The summed E-state index contributed by atoms with van der Waals surface area (Å²) in [5, 5.41) is 0. The molecule has 1 fully saturated rings. The summed E-state index contributed by atoms with van der Waals surface area (Å²) in [5.74, 6) is 0.0551.